The molecule has 79 heavy (non-hydrogen) atoms. The first-order valence-electron chi connectivity index (χ1n) is 28.3. The number of rotatable bonds is 7. The Bertz CT molecular complexity index is 3710. The highest BCUT2D eigenvalue weighted by Gasteiger charge is 2.40. The van der Waals surface area contributed by atoms with E-state index in [1.54, 1.807) is 0 Å². The molecule has 0 bridgehead atoms. The number of ether oxygens (including phenoxy) is 2. The molecule has 2 aromatic heterocycles. The van der Waals surface area contributed by atoms with Crippen LogP contribution in [0.1, 0.15) is 125 Å². The minimum atomic E-state index is -0.741. The molecule has 13 rings (SSSR count). The summed E-state index contributed by atoms with van der Waals surface area (Å²) in [7, 11) is 0. The standard InChI is InChI=1S/C38H37N3O.C32H32ClN3O/c1-37(2,3)35-34-31-23-24-38(28-15-9-5-10-16-28,29-17-19-30(20-18-29)41-25-11-6-12-26-41)42-33(31)22-21-32(34)39-36(40-35)27-13-7-4-8-14-27;1-31(2,3)29-28-25-18-19-32(22-10-6-4-7-11-22,37-27(25)17-16-26(28)34-30(33)35-29)23-12-14-24(15-13-23)36-20-8-5-9-21-36/h4-5,7-10,13-24H,6,11-12,25-26H2,1-3H3;4,6-7,10-19H,5,8-9,20-21H2,1-3H3. The normalized spacial score (nSPS) is 19.0. The van der Waals surface area contributed by atoms with Gasteiger partial charge in [-0.2, -0.15) is 0 Å². The average Bonchev–Trinajstić information content (AvgIpc) is 3.68. The Hall–Kier alpha value is -7.81. The Kier molecular flexibility index (Phi) is 13.9. The Morgan fingerprint density at radius 2 is 0.810 bits per heavy atom. The van der Waals surface area contributed by atoms with Gasteiger partial charge in [-0.15, -0.1) is 0 Å². The van der Waals surface area contributed by atoms with Crippen molar-refractivity contribution >= 4 is 56.9 Å². The summed E-state index contributed by atoms with van der Waals surface area (Å²) in [5, 5.41) is 2.32. The van der Waals surface area contributed by atoms with Gasteiger partial charge in [-0.1, -0.05) is 157 Å². The van der Waals surface area contributed by atoms with Crippen LogP contribution < -0.4 is 19.3 Å². The second-order valence-corrected chi connectivity index (χ2v) is 23.9. The number of aromatic nitrogens is 4. The van der Waals surface area contributed by atoms with Crippen molar-refractivity contribution in [1.29, 1.82) is 0 Å². The summed E-state index contributed by atoms with van der Waals surface area (Å²) in [5.74, 6) is 2.41. The number of nitrogens with zero attached hydrogens (tertiary/aromatic N) is 6. The van der Waals surface area contributed by atoms with E-state index >= 15 is 0 Å². The zero-order valence-electron chi connectivity index (χ0n) is 46.3. The SMILES string of the molecule is CC(C)(C)c1nc(-c2ccccc2)nc2ccc3c(c12)C=CC(c1ccccc1)(c1ccc(N2CCCCC2)cc1)O3.CC(C)(C)c1nc(Cl)nc2ccc3c(c12)C=CC(c1ccccc1)(c1ccc(N2CCCCC2)cc1)O3. The molecule has 2 saturated heterocycles. The molecule has 0 aliphatic carbocycles. The number of fused-ring (bicyclic) bond motifs is 6. The summed E-state index contributed by atoms with van der Waals surface area (Å²) in [6, 6.07) is 57.3. The summed E-state index contributed by atoms with van der Waals surface area (Å²) in [4.78, 5) is 24.3. The third-order valence-corrected chi connectivity index (χ3v) is 16.3. The van der Waals surface area contributed by atoms with Gasteiger partial charge in [0.15, 0.2) is 17.0 Å². The molecular weight excluding hydrogens is 992 g/mol. The fraction of sp³-hybridized carbons (Fsp3) is 0.286. The van der Waals surface area contributed by atoms with Gasteiger partial charge >= 0.3 is 0 Å². The Labute approximate surface area is 470 Å². The van der Waals surface area contributed by atoms with Crippen molar-refractivity contribution < 1.29 is 9.47 Å². The molecular formula is C70H69ClN6O2. The first-order valence-corrected chi connectivity index (χ1v) is 28.7. The van der Waals surface area contributed by atoms with Crippen LogP contribution in [0.3, 0.4) is 0 Å². The molecule has 0 spiro atoms. The molecule has 8 nitrogen and oxygen atoms in total. The second-order valence-electron chi connectivity index (χ2n) is 23.6. The van der Waals surface area contributed by atoms with Crippen LogP contribution in [0.2, 0.25) is 5.28 Å². The van der Waals surface area contributed by atoms with E-state index in [2.05, 4.69) is 213 Å². The van der Waals surface area contributed by atoms with Gasteiger partial charge in [0.1, 0.15) is 11.5 Å². The lowest BCUT2D eigenvalue weighted by Gasteiger charge is -2.37. The van der Waals surface area contributed by atoms with Crippen molar-refractivity contribution in [3.05, 3.63) is 226 Å². The Morgan fingerprint density at radius 1 is 0.418 bits per heavy atom. The molecule has 2 fully saturated rings. The van der Waals surface area contributed by atoms with Crippen LogP contribution in [0.25, 0.3) is 45.3 Å². The number of hydrogen-bond acceptors (Lipinski definition) is 8. The maximum absolute atomic E-state index is 7.11. The first-order chi connectivity index (χ1) is 38.3. The van der Waals surface area contributed by atoms with E-state index in [1.165, 1.54) is 49.9 Å². The van der Waals surface area contributed by atoms with E-state index in [0.29, 0.717) is 0 Å². The van der Waals surface area contributed by atoms with Crippen molar-refractivity contribution in [1.82, 2.24) is 19.9 Å². The number of benzene rings is 7. The number of piperidine rings is 2. The maximum atomic E-state index is 7.11. The van der Waals surface area contributed by atoms with E-state index in [9.17, 15) is 0 Å². The van der Waals surface area contributed by atoms with Crippen molar-refractivity contribution in [3.8, 4) is 22.9 Å². The van der Waals surface area contributed by atoms with E-state index in [4.69, 9.17) is 31.0 Å². The van der Waals surface area contributed by atoms with Crippen molar-refractivity contribution in [2.45, 2.75) is 102 Å². The lowest BCUT2D eigenvalue weighted by atomic mass is 9.82. The highest BCUT2D eigenvalue weighted by Crippen LogP contribution is 2.48. The predicted molar refractivity (Wildman–Crippen MR) is 326 cm³/mol. The summed E-state index contributed by atoms with van der Waals surface area (Å²) < 4.78 is 14.1. The molecule has 2 atom stereocenters. The van der Waals surface area contributed by atoms with Crippen LogP contribution >= 0.6 is 11.6 Å². The Morgan fingerprint density at radius 3 is 1.24 bits per heavy atom. The van der Waals surface area contributed by atoms with Gasteiger partial charge in [-0.3, -0.25) is 0 Å². The number of halogens is 1. The lowest BCUT2D eigenvalue weighted by Crippen LogP contribution is -2.34. The molecule has 0 N–H and O–H groups in total. The highest BCUT2D eigenvalue weighted by molar-refractivity contribution is 6.28. The lowest BCUT2D eigenvalue weighted by molar-refractivity contribution is 0.161. The minimum Gasteiger partial charge on any atom is -0.473 e. The van der Waals surface area contributed by atoms with E-state index in [-0.39, 0.29) is 16.1 Å². The van der Waals surface area contributed by atoms with Crippen molar-refractivity contribution in [2.24, 2.45) is 0 Å². The third-order valence-electron chi connectivity index (χ3n) is 16.1. The molecule has 4 aliphatic rings. The molecule has 6 heterocycles. The zero-order chi connectivity index (χ0) is 54.4. The van der Waals surface area contributed by atoms with Crippen molar-refractivity contribution in [2.75, 3.05) is 36.0 Å². The predicted octanol–water partition coefficient (Wildman–Crippen LogP) is 16.9. The van der Waals surface area contributed by atoms with Crippen LogP contribution in [0.5, 0.6) is 11.5 Å². The maximum Gasteiger partial charge on any atom is 0.223 e. The van der Waals surface area contributed by atoms with E-state index < -0.39 is 11.2 Å². The van der Waals surface area contributed by atoms with E-state index in [0.717, 1.165) is 116 Å². The average molecular weight is 1060 g/mol. The zero-order valence-corrected chi connectivity index (χ0v) is 47.1. The quantitative estimate of drug-likeness (QED) is 0.146. The van der Waals surface area contributed by atoms with Gasteiger partial charge in [-0.05, 0) is 123 Å². The van der Waals surface area contributed by atoms with Gasteiger partial charge in [0.2, 0.25) is 5.28 Å². The second kappa shape index (κ2) is 21.1. The van der Waals surface area contributed by atoms with Crippen LogP contribution in [0, 0.1) is 0 Å². The Balaban J connectivity index is 0.000000159. The fourth-order valence-corrected chi connectivity index (χ4v) is 12.2. The number of hydrogen-bond donors (Lipinski definition) is 0. The molecule has 9 aromatic rings. The van der Waals surface area contributed by atoms with Gasteiger partial charge < -0.3 is 19.3 Å². The molecule has 0 saturated carbocycles. The van der Waals surface area contributed by atoms with E-state index in [1.807, 2.05) is 36.4 Å². The molecule has 9 heteroatoms. The van der Waals surface area contributed by atoms with Gasteiger partial charge in [0.05, 0.1) is 22.4 Å². The largest absolute Gasteiger partial charge is 0.473 e. The molecule has 0 amide bonds. The minimum absolute atomic E-state index is 0.189. The van der Waals surface area contributed by atoms with Gasteiger partial charge in [0, 0.05) is 98.1 Å². The van der Waals surface area contributed by atoms with Crippen molar-refractivity contribution in [3.63, 3.8) is 0 Å². The monoisotopic (exact) mass is 1060 g/mol. The first kappa shape index (κ1) is 51.9. The molecule has 0 radical (unpaired) electrons. The highest BCUT2D eigenvalue weighted by atomic mass is 35.5. The van der Waals surface area contributed by atoms with Crippen LogP contribution in [-0.2, 0) is 22.0 Å². The number of anilines is 2. The summed E-state index contributed by atoms with van der Waals surface area (Å²) in [5.41, 5.74) is 11.9. The fourth-order valence-electron chi connectivity index (χ4n) is 12.0. The van der Waals surface area contributed by atoms with Gasteiger partial charge in [0.25, 0.3) is 0 Å². The molecule has 398 valence electrons. The van der Waals surface area contributed by atoms with Crippen LogP contribution in [0.15, 0.2) is 176 Å². The molecule has 2 unspecified atom stereocenters. The topological polar surface area (TPSA) is 76.5 Å². The smallest absolute Gasteiger partial charge is 0.223 e. The van der Waals surface area contributed by atoms with Crippen LogP contribution in [-0.4, -0.2) is 46.1 Å². The van der Waals surface area contributed by atoms with Gasteiger partial charge in [-0.25, -0.2) is 19.9 Å². The third kappa shape index (κ3) is 10.1. The summed E-state index contributed by atoms with van der Waals surface area (Å²) in [6.45, 7) is 17.6. The summed E-state index contributed by atoms with van der Waals surface area (Å²) >= 11 is 6.31. The summed E-state index contributed by atoms with van der Waals surface area (Å²) in [6.07, 6.45) is 16.5. The molecule has 7 aromatic carbocycles. The molecule has 4 aliphatic heterocycles. The van der Waals surface area contributed by atoms with Crippen LogP contribution in [0.4, 0.5) is 11.4 Å².